The van der Waals surface area contributed by atoms with E-state index in [1.165, 1.54) is 25.7 Å². The second kappa shape index (κ2) is 8.86. The van der Waals surface area contributed by atoms with Crippen LogP contribution in [-0.2, 0) is 9.47 Å². The minimum atomic E-state index is -0.0618. The summed E-state index contributed by atoms with van der Waals surface area (Å²) in [4.78, 5) is 0. The Labute approximate surface area is 112 Å². The van der Waals surface area contributed by atoms with Crippen LogP contribution in [0.25, 0.3) is 0 Å². The predicted molar refractivity (Wildman–Crippen MR) is 74.3 cm³/mol. The monoisotopic (exact) mass is 258 g/mol. The van der Waals surface area contributed by atoms with Gasteiger partial charge in [0.15, 0.2) is 0 Å². The van der Waals surface area contributed by atoms with Gasteiger partial charge in [-0.1, -0.05) is 25.7 Å². The lowest BCUT2D eigenvalue weighted by Gasteiger charge is -2.40. The molecule has 3 N–H and O–H groups in total. The largest absolute Gasteiger partial charge is 0.385 e. The Bertz CT molecular complexity index is 204. The molecule has 0 aromatic rings. The van der Waals surface area contributed by atoms with E-state index in [-0.39, 0.29) is 11.6 Å². The standard InChI is InChI=1S/C14H30N2O2/c1-3-18-14(10-6-4-5-7-11-14)13(16-15)9-8-12-17-2/h13,16H,3-12,15H2,1-2H3. The summed E-state index contributed by atoms with van der Waals surface area (Å²) in [6.45, 7) is 3.64. The fourth-order valence-electron chi connectivity index (χ4n) is 3.14. The highest BCUT2D eigenvalue weighted by Crippen LogP contribution is 2.34. The number of nitrogens with one attached hydrogen (secondary N) is 1. The maximum Gasteiger partial charge on any atom is 0.0848 e. The second-order valence-corrected chi connectivity index (χ2v) is 5.27. The van der Waals surface area contributed by atoms with Gasteiger partial charge in [-0.25, -0.2) is 0 Å². The van der Waals surface area contributed by atoms with Gasteiger partial charge in [0.05, 0.1) is 11.6 Å². The molecule has 0 radical (unpaired) electrons. The highest BCUT2D eigenvalue weighted by molar-refractivity contribution is 4.93. The number of ether oxygens (including phenoxy) is 2. The van der Waals surface area contributed by atoms with Crippen molar-refractivity contribution in [2.24, 2.45) is 5.84 Å². The summed E-state index contributed by atoms with van der Waals surface area (Å²) in [7, 11) is 1.74. The minimum Gasteiger partial charge on any atom is -0.385 e. The average molecular weight is 258 g/mol. The molecular weight excluding hydrogens is 228 g/mol. The van der Waals surface area contributed by atoms with E-state index in [4.69, 9.17) is 15.3 Å². The molecule has 0 saturated heterocycles. The average Bonchev–Trinajstić information content (AvgIpc) is 2.62. The van der Waals surface area contributed by atoms with E-state index >= 15 is 0 Å². The first-order valence-electron chi connectivity index (χ1n) is 7.38. The molecule has 0 aromatic heterocycles. The molecule has 0 aliphatic heterocycles. The zero-order chi connectivity index (χ0) is 13.3. The van der Waals surface area contributed by atoms with E-state index in [0.29, 0.717) is 0 Å². The van der Waals surface area contributed by atoms with Gasteiger partial charge in [0, 0.05) is 20.3 Å². The van der Waals surface area contributed by atoms with E-state index in [0.717, 1.165) is 38.9 Å². The fourth-order valence-corrected chi connectivity index (χ4v) is 3.14. The maximum absolute atomic E-state index is 6.15. The van der Waals surface area contributed by atoms with Gasteiger partial charge >= 0.3 is 0 Å². The summed E-state index contributed by atoms with van der Waals surface area (Å²) in [6.07, 6.45) is 9.45. The van der Waals surface area contributed by atoms with Crippen LogP contribution in [0, 0.1) is 0 Å². The number of methoxy groups -OCH3 is 1. The number of nitrogens with two attached hydrogens (primary N) is 1. The molecule has 0 bridgehead atoms. The van der Waals surface area contributed by atoms with Crippen LogP contribution < -0.4 is 11.3 Å². The molecule has 1 fully saturated rings. The normalized spacial score (nSPS) is 21.5. The summed E-state index contributed by atoms with van der Waals surface area (Å²) in [5, 5.41) is 0. The highest BCUT2D eigenvalue weighted by atomic mass is 16.5. The van der Waals surface area contributed by atoms with Crippen molar-refractivity contribution in [1.82, 2.24) is 5.43 Å². The van der Waals surface area contributed by atoms with Gasteiger partial charge in [-0.05, 0) is 32.6 Å². The molecule has 0 aromatic carbocycles. The minimum absolute atomic E-state index is 0.0618. The summed E-state index contributed by atoms with van der Waals surface area (Å²) in [6, 6.07) is 0.241. The SMILES string of the molecule is CCOC1(C(CCCOC)NN)CCCCCC1. The first-order chi connectivity index (χ1) is 8.79. The van der Waals surface area contributed by atoms with Crippen molar-refractivity contribution in [3.05, 3.63) is 0 Å². The molecule has 4 nitrogen and oxygen atoms in total. The summed E-state index contributed by atoms with van der Waals surface area (Å²) in [5.41, 5.74) is 2.94. The number of rotatable bonds is 8. The van der Waals surface area contributed by atoms with Crippen LogP contribution in [-0.4, -0.2) is 32.0 Å². The van der Waals surface area contributed by atoms with Gasteiger partial charge in [0.2, 0.25) is 0 Å². The third kappa shape index (κ3) is 4.50. The van der Waals surface area contributed by atoms with Crippen LogP contribution in [0.15, 0.2) is 0 Å². The van der Waals surface area contributed by atoms with E-state index < -0.39 is 0 Å². The predicted octanol–water partition coefficient (Wildman–Crippen LogP) is 2.37. The number of hydrogen-bond acceptors (Lipinski definition) is 4. The molecule has 0 spiro atoms. The van der Waals surface area contributed by atoms with Gasteiger partial charge in [-0.2, -0.15) is 0 Å². The van der Waals surface area contributed by atoms with Crippen molar-refractivity contribution < 1.29 is 9.47 Å². The molecular formula is C14H30N2O2. The third-order valence-corrected chi connectivity index (χ3v) is 4.06. The Morgan fingerprint density at radius 1 is 1.22 bits per heavy atom. The van der Waals surface area contributed by atoms with Crippen LogP contribution in [0.4, 0.5) is 0 Å². The van der Waals surface area contributed by atoms with Crippen LogP contribution in [0.2, 0.25) is 0 Å². The van der Waals surface area contributed by atoms with Gasteiger partial charge < -0.3 is 9.47 Å². The zero-order valence-electron chi connectivity index (χ0n) is 12.0. The Hall–Kier alpha value is -0.160. The van der Waals surface area contributed by atoms with E-state index in [1.807, 2.05) is 0 Å². The van der Waals surface area contributed by atoms with Crippen LogP contribution in [0.1, 0.15) is 58.3 Å². The van der Waals surface area contributed by atoms with Crippen LogP contribution in [0.3, 0.4) is 0 Å². The Morgan fingerprint density at radius 3 is 2.39 bits per heavy atom. The van der Waals surface area contributed by atoms with Crippen molar-refractivity contribution in [3.8, 4) is 0 Å². The van der Waals surface area contributed by atoms with Crippen LogP contribution >= 0.6 is 0 Å². The van der Waals surface area contributed by atoms with Crippen molar-refractivity contribution in [3.63, 3.8) is 0 Å². The molecule has 1 saturated carbocycles. The van der Waals surface area contributed by atoms with Gasteiger partial charge in [0.1, 0.15) is 0 Å². The van der Waals surface area contributed by atoms with Gasteiger partial charge in [-0.15, -0.1) is 0 Å². The van der Waals surface area contributed by atoms with E-state index in [1.54, 1.807) is 7.11 Å². The summed E-state index contributed by atoms with van der Waals surface area (Å²) < 4.78 is 11.3. The van der Waals surface area contributed by atoms with Crippen molar-refractivity contribution in [2.45, 2.75) is 69.9 Å². The Kier molecular flexibility index (Phi) is 7.82. The molecule has 1 rings (SSSR count). The lowest BCUT2D eigenvalue weighted by molar-refractivity contribution is -0.0797. The molecule has 18 heavy (non-hydrogen) atoms. The maximum atomic E-state index is 6.15. The van der Waals surface area contributed by atoms with Crippen molar-refractivity contribution in [2.75, 3.05) is 20.3 Å². The Morgan fingerprint density at radius 2 is 1.89 bits per heavy atom. The highest BCUT2D eigenvalue weighted by Gasteiger charge is 2.38. The molecule has 108 valence electrons. The molecule has 1 unspecified atom stereocenters. The second-order valence-electron chi connectivity index (χ2n) is 5.27. The quantitative estimate of drug-likeness (QED) is 0.304. The first kappa shape index (κ1) is 15.9. The van der Waals surface area contributed by atoms with Crippen LogP contribution in [0.5, 0.6) is 0 Å². The molecule has 0 amide bonds. The molecule has 1 aliphatic carbocycles. The first-order valence-corrected chi connectivity index (χ1v) is 7.38. The number of hydrazine groups is 1. The smallest absolute Gasteiger partial charge is 0.0848 e. The van der Waals surface area contributed by atoms with E-state index in [2.05, 4.69) is 12.3 Å². The number of hydrogen-bond donors (Lipinski definition) is 2. The molecule has 0 heterocycles. The summed E-state index contributed by atoms with van der Waals surface area (Å²) >= 11 is 0. The lowest BCUT2D eigenvalue weighted by atomic mass is 9.84. The molecule has 4 heteroatoms. The third-order valence-electron chi connectivity index (χ3n) is 4.06. The van der Waals surface area contributed by atoms with Crippen molar-refractivity contribution in [1.29, 1.82) is 0 Å². The van der Waals surface area contributed by atoms with Crippen molar-refractivity contribution >= 4 is 0 Å². The van der Waals surface area contributed by atoms with E-state index in [9.17, 15) is 0 Å². The van der Waals surface area contributed by atoms with Gasteiger partial charge in [0.25, 0.3) is 0 Å². The Balaban J connectivity index is 2.64. The fraction of sp³-hybridized carbons (Fsp3) is 1.00. The topological polar surface area (TPSA) is 56.5 Å². The molecule has 1 aliphatic rings. The van der Waals surface area contributed by atoms with Gasteiger partial charge in [-0.3, -0.25) is 11.3 Å². The molecule has 1 atom stereocenters. The summed E-state index contributed by atoms with van der Waals surface area (Å²) in [5.74, 6) is 5.78. The lowest BCUT2D eigenvalue weighted by Crippen LogP contribution is -2.55. The zero-order valence-corrected chi connectivity index (χ0v) is 12.0.